The van der Waals surface area contributed by atoms with Crippen molar-refractivity contribution in [3.05, 3.63) is 40.1 Å². The highest BCUT2D eigenvalue weighted by molar-refractivity contribution is 7.90. The van der Waals surface area contributed by atoms with Crippen LogP contribution >= 0.6 is 11.3 Å². The summed E-state index contributed by atoms with van der Waals surface area (Å²) < 4.78 is 40.7. The summed E-state index contributed by atoms with van der Waals surface area (Å²) >= 11 is 1.27. The van der Waals surface area contributed by atoms with E-state index in [9.17, 15) is 8.42 Å². The lowest BCUT2D eigenvalue weighted by Gasteiger charge is -2.37. The maximum atomic E-state index is 15.0. The van der Waals surface area contributed by atoms with Crippen LogP contribution in [-0.2, 0) is 15.6 Å². The van der Waals surface area contributed by atoms with Crippen LogP contribution in [0, 0.1) is 5.82 Å². The number of benzene rings is 1. The summed E-state index contributed by atoms with van der Waals surface area (Å²) in [5, 5.41) is 5.79. The Morgan fingerprint density at radius 1 is 1.21 bits per heavy atom. The molecule has 1 N–H and O–H groups in total. The van der Waals surface area contributed by atoms with Crippen molar-refractivity contribution in [2.45, 2.75) is 67.2 Å². The van der Waals surface area contributed by atoms with Crippen LogP contribution in [0.3, 0.4) is 0 Å². The van der Waals surface area contributed by atoms with Crippen molar-refractivity contribution >= 4 is 26.9 Å². The molecule has 0 bridgehead atoms. The number of halogens is 1. The first-order valence-corrected chi connectivity index (χ1v) is 12.8. The Morgan fingerprint density at radius 3 is 2.62 bits per heavy atom. The molecule has 1 aromatic heterocycles. The molecule has 2 aromatic rings. The fourth-order valence-corrected chi connectivity index (χ4v) is 6.68. The van der Waals surface area contributed by atoms with E-state index in [1.807, 2.05) is 0 Å². The third kappa shape index (κ3) is 4.64. The Bertz CT molecular complexity index is 957. The van der Waals surface area contributed by atoms with E-state index < -0.39 is 15.7 Å². The molecular weight excluding hydrogens is 409 g/mol. The molecule has 0 unspecified atom stereocenters. The van der Waals surface area contributed by atoms with Gasteiger partial charge in [0.05, 0.1) is 0 Å². The van der Waals surface area contributed by atoms with Gasteiger partial charge in [0.2, 0.25) is 0 Å². The number of sulfone groups is 1. The Hall–Kier alpha value is -1.51. The second-order valence-corrected chi connectivity index (χ2v) is 11.3. The maximum Gasteiger partial charge on any atom is 0.187 e. The molecule has 2 atom stereocenters. The molecule has 0 spiro atoms. The number of thiazole rings is 1. The quantitative estimate of drug-likeness (QED) is 0.695. The van der Waals surface area contributed by atoms with E-state index in [4.69, 9.17) is 0 Å². The second kappa shape index (κ2) is 8.32. The molecule has 1 aromatic carbocycles. The summed E-state index contributed by atoms with van der Waals surface area (Å²) in [4.78, 5) is 6.08. The highest BCUT2D eigenvalue weighted by Crippen LogP contribution is 2.45. The average molecular weight is 438 g/mol. The number of nitrogens with one attached hydrogen (secondary N) is 1. The van der Waals surface area contributed by atoms with Gasteiger partial charge in [-0.2, -0.15) is 0 Å². The van der Waals surface area contributed by atoms with Gasteiger partial charge >= 0.3 is 0 Å². The van der Waals surface area contributed by atoms with Crippen LogP contribution in [0.1, 0.15) is 55.0 Å². The Labute approximate surface area is 176 Å². The van der Waals surface area contributed by atoms with E-state index in [2.05, 4.69) is 29.3 Å². The molecule has 2 aliphatic rings. The minimum absolute atomic E-state index is 0.201. The molecule has 1 heterocycles. The van der Waals surface area contributed by atoms with Crippen molar-refractivity contribution in [2.75, 3.05) is 19.4 Å². The standard InChI is InChI=1S/C21H28FN3O2S2/c1-25(2)19-6-4-3-5-17(19)24-18-12-16(22)20(11-15(18)14-7-8-14)29(26,27)13-21-23-9-10-28-21/h9-12,14,17,19,24H,3-8,13H2,1-2H3/t17-,19-/m0/s1. The van der Waals surface area contributed by atoms with Crippen LogP contribution in [-0.4, -0.2) is 44.5 Å². The van der Waals surface area contributed by atoms with Crippen molar-refractivity contribution in [2.24, 2.45) is 0 Å². The molecule has 29 heavy (non-hydrogen) atoms. The summed E-state index contributed by atoms with van der Waals surface area (Å²) in [5.41, 5.74) is 1.70. The molecular formula is C21H28FN3O2S2. The summed E-state index contributed by atoms with van der Waals surface area (Å²) in [7, 11) is 0.390. The van der Waals surface area contributed by atoms with Gasteiger partial charge in [0.15, 0.2) is 9.84 Å². The minimum Gasteiger partial charge on any atom is -0.380 e. The van der Waals surface area contributed by atoms with Gasteiger partial charge in [0.1, 0.15) is 21.5 Å². The summed E-state index contributed by atoms with van der Waals surface area (Å²) in [6, 6.07) is 3.62. The molecule has 5 nitrogen and oxygen atoms in total. The second-order valence-electron chi connectivity index (χ2n) is 8.40. The molecule has 0 radical (unpaired) electrons. The van der Waals surface area contributed by atoms with E-state index in [-0.39, 0.29) is 16.7 Å². The van der Waals surface area contributed by atoms with Gasteiger partial charge in [-0.3, -0.25) is 0 Å². The number of rotatable bonds is 7. The smallest absolute Gasteiger partial charge is 0.187 e. The van der Waals surface area contributed by atoms with E-state index in [0.29, 0.717) is 17.0 Å². The van der Waals surface area contributed by atoms with Gasteiger partial charge < -0.3 is 10.2 Å². The highest BCUT2D eigenvalue weighted by Gasteiger charge is 2.33. The van der Waals surface area contributed by atoms with Crippen LogP contribution in [0.15, 0.2) is 28.6 Å². The van der Waals surface area contributed by atoms with Crippen molar-refractivity contribution < 1.29 is 12.8 Å². The molecule has 2 fully saturated rings. The number of anilines is 1. The zero-order chi connectivity index (χ0) is 20.6. The maximum absolute atomic E-state index is 15.0. The number of hydrogen-bond donors (Lipinski definition) is 1. The van der Waals surface area contributed by atoms with Crippen LogP contribution in [0.25, 0.3) is 0 Å². The zero-order valence-corrected chi connectivity index (χ0v) is 18.5. The van der Waals surface area contributed by atoms with Gasteiger partial charge in [-0.05, 0) is 63.4 Å². The summed E-state index contributed by atoms with van der Waals surface area (Å²) in [5.74, 6) is -0.622. The zero-order valence-electron chi connectivity index (χ0n) is 16.9. The van der Waals surface area contributed by atoms with Crippen molar-refractivity contribution in [3.8, 4) is 0 Å². The number of nitrogens with zero attached hydrogens (tertiary/aromatic N) is 2. The molecule has 0 saturated heterocycles. The van der Waals surface area contributed by atoms with Gasteiger partial charge in [-0.15, -0.1) is 11.3 Å². The summed E-state index contributed by atoms with van der Waals surface area (Å²) in [6.07, 6.45) is 8.13. The first-order chi connectivity index (χ1) is 13.8. The number of likely N-dealkylation sites (N-methyl/N-ethyl adjacent to an activating group) is 1. The van der Waals surface area contributed by atoms with E-state index in [0.717, 1.165) is 43.4 Å². The fourth-order valence-electron chi connectivity index (χ4n) is 4.33. The Kier molecular flexibility index (Phi) is 5.95. The monoisotopic (exact) mass is 437 g/mol. The van der Waals surface area contributed by atoms with Gasteiger partial charge in [-0.25, -0.2) is 17.8 Å². The number of aromatic nitrogens is 1. The van der Waals surface area contributed by atoms with Gasteiger partial charge in [0, 0.05) is 29.3 Å². The highest BCUT2D eigenvalue weighted by atomic mass is 32.2. The molecule has 8 heteroatoms. The van der Waals surface area contributed by atoms with Crippen LogP contribution in [0.4, 0.5) is 10.1 Å². The predicted molar refractivity (Wildman–Crippen MR) is 115 cm³/mol. The Balaban J connectivity index is 1.65. The normalized spacial score (nSPS) is 22.8. The Morgan fingerprint density at radius 2 is 1.97 bits per heavy atom. The molecule has 0 amide bonds. The predicted octanol–water partition coefficient (Wildman–Crippen LogP) is 4.42. The first-order valence-electron chi connectivity index (χ1n) is 10.2. The molecule has 158 valence electrons. The van der Waals surface area contributed by atoms with Gasteiger partial charge in [-0.1, -0.05) is 12.8 Å². The van der Waals surface area contributed by atoms with E-state index in [1.165, 1.54) is 23.8 Å². The molecule has 2 saturated carbocycles. The van der Waals surface area contributed by atoms with Crippen molar-refractivity contribution in [1.29, 1.82) is 0 Å². The SMILES string of the molecule is CN(C)[C@H]1CCCC[C@@H]1Nc1cc(F)c(S(=O)(=O)Cc2nccs2)cc1C1CC1. The van der Waals surface area contributed by atoms with Crippen LogP contribution < -0.4 is 5.32 Å². The molecule has 4 rings (SSSR count). The largest absolute Gasteiger partial charge is 0.380 e. The van der Waals surface area contributed by atoms with Crippen LogP contribution in [0.5, 0.6) is 0 Å². The number of hydrogen-bond acceptors (Lipinski definition) is 6. The third-order valence-electron chi connectivity index (χ3n) is 5.99. The van der Waals surface area contributed by atoms with E-state index >= 15 is 4.39 Å². The van der Waals surface area contributed by atoms with Crippen LogP contribution in [0.2, 0.25) is 0 Å². The lowest BCUT2D eigenvalue weighted by Crippen LogP contribution is -2.45. The average Bonchev–Trinajstić information content (AvgIpc) is 3.38. The minimum atomic E-state index is -3.78. The first kappa shape index (κ1) is 20.8. The van der Waals surface area contributed by atoms with E-state index in [1.54, 1.807) is 17.6 Å². The third-order valence-corrected chi connectivity index (χ3v) is 8.59. The lowest BCUT2D eigenvalue weighted by molar-refractivity contribution is 0.211. The lowest BCUT2D eigenvalue weighted by atomic mass is 9.89. The van der Waals surface area contributed by atoms with Crippen molar-refractivity contribution in [3.63, 3.8) is 0 Å². The summed E-state index contributed by atoms with van der Waals surface area (Å²) in [6.45, 7) is 0. The molecule has 0 aliphatic heterocycles. The fraction of sp³-hybridized carbons (Fsp3) is 0.571. The topological polar surface area (TPSA) is 62.3 Å². The molecule has 2 aliphatic carbocycles. The van der Waals surface area contributed by atoms with Gasteiger partial charge in [0.25, 0.3) is 0 Å². The van der Waals surface area contributed by atoms with Crippen molar-refractivity contribution in [1.82, 2.24) is 9.88 Å².